The SMILES string of the molecule is COc1ccc(-c2ccc(=O)n(CC(=O)N3CCN(c4cccc(C)c4)CC3)n2)cc1OC. The summed E-state index contributed by atoms with van der Waals surface area (Å²) >= 11 is 0. The number of ether oxygens (including phenoxy) is 2. The maximum atomic E-state index is 12.9. The van der Waals surface area contributed by atoms with Crippen LogP contribution in [0.15, 0.2) is 59.4 Å². The van der Waals surface area contributed by atoms with Crippen molar-refractivity contribution >= 4 is 11.6 Å². The van der Waals surface area contributed by atoms with Crippen molar-refractivity contribution < 1.29 is 14.3 Å². The van der Waals surface area contributed by atoms with Gasteiger partial charge in [0.15, 0.2) is 11.5 Å². The summed E-state index contributed by atoms with van der Waals surface area (Å²) in [5.41, 5.74) is 3.41. The molecule has 33 heavy (non-hydrogen) atoms. The van der Waals surface area contributed by atoms with E-state index in [9.17, 15) is 9.59 Å². The number of benzene rings is 2. The van der Waals surface area contributed by atoms with Crippen LogP contribution in [-0.4, -0.2) is 61.0 Å². The molecule has 0 spiro atoms. The molecule has 0 bridgehead atoms. The van der Waals surface area contributed by atoms with Crippen LogP contribution in [0.2, 0.25) is 0 Å². The number of methoxy groups -OCH3 is 2. The van der Waals surface area contributed by atoms with Crippen molar-refractivity contribution in [3.05, 3.63) is 70.5 Å². The Labute approximate surface area is 193 Å². The largest absolute Gasteiger partial charge is 0.493 e. The Balaban J connectivity index is 1.45. The van der Waals surface area contributed by atoms with E-state index in [0.717, 1.165) is 18.7 Å². The van der Waals surface area contributed by atoms with Crippen molar-refractivity contribution in [3.8, 4) is 22.8 Å². The number of anilines is 1. The third-order valence-electron chi connectivity index (χ3n) is 5.83. The first kappa shape index (κ1) is 22.4. The van der Waals surface area contributed by atoms with Gasteiger partial charge in [-0.25, -0.2) is 4.68 Å². The average Bonchev–Trinajstić information content (AvgIpc) is 2.85. The molecule has 0 atom stereocenters. The van der Waals surface area contributed by atoms with Crippen LogP contribution >= 0.6 is 0 Å². The van der Waals surface area contributed by atoms with E-state index in [1.54, 1.807) is 37.3 Å². The van der Waals surface area contributed by atoms with Gasteiger partial charge >= 0.3 is 0 Å². The number of amides is 1. The van der Waals surface area contributed by atoms with E-state index in [1.165, 1.54) is 22.0 Å². The monoisotopic (exact) mass is 448 g/mol. The molecular formula is C25H28N4O4. The number of piperazine rings is 1. The summed E-state index contributed by atoms with van der Waals surface area (Å²) in [6.45, 7) is 4.70. The molecule has 0 aliphatic carbocycles. The number of aryl methyl sites for hydroxylation is 1. The van der Waals surface area contributed by atoms with Gasteiger partial charge in [0.2, 0.25) is 5.91 Å². The zero-order valence-electron chi connectivity index (χ0n) is 19.2. The van der Waals surface area contributed by atoms with Gasteiger partial charge in [-0.1, -0.05) is 12.1 Å². The number of hydrogen-bond acceptors (Lipinski definition) is 6. The van der Waals surface area contributed by atoms with Gasteiger partial charge in [0.25, 0.3) is 5.56 Å². The van der Waals surface area contributed by atoms with Crippen molar-refractivity contribution in [1.29, 1.82) is 0 Å². The number of carbonyl (C=O) groups is 1. The molecule has 1 aliphatic rings. The second-order valence-corrected chi connectivity index (χ2v) is 7.99. The van der Waals surface area contributed by atoms with Gasteiger partial charge in [-0.05, 0) is 48.9 Å². The fourth-order valence-electron chi connectivity index (χ4n) is 3.98. The van der Waals surface area contributed by atoms with Crippen LogP contribution in [0.5, 0.6) is 11.5 Å². The molecule has 1 aromatic heterocycles. The van der Waals surface area contributed by atoms with Crippen molar-refractivity contribution in [2.24, 2.45) is 0 Å². The molecule has 8 heteroatoms. The predicted molar refractivity (Wildman–Crippen MR) is 127 cm³/mol. The Morgan fingerprint density at radius 3 is 2.39 bits per heavy atom. The minimum atomic E-state index is -0.314. The molecule has 172 valence electrons. The number of nitrogens with zero attached hydrogens (tertiary/aromatic N) is 4. The Morgan fingerprint density at radius 2 is 1.70 bits per heavy atom. The summed E-state index contributed by atoms with van der Waals surface area (Å²) in [7, 11) is 3.13. The zero-order chi connectivity index (χ0) is 23.4. The normalized spacial score (nSPS) is 13.7. The summed E-state index contributed by atoms with van der Waals surface area (Å²) < 4.78 is 11.9. The number of hydrogen-bond donors (Lipinski definition) is 0. The van der Waals surface area contributed by atoms with Crippen LogP contribution in [0, 0.1) is 6.92 Å². The minimum Gasteiger partial charge on any atom is -0.493 e. The Kier molecular flexibility index (Phi) is 6.63. The smallest absolute Gasteiger partial charge is 0.267 e. The highest BCUT2D eigenvalue weighted by Gasteiger charge is 2.22. The van der Waals surface area contributed by atoms with Crippen molar-refractivity contribution in [2.45, 2.75) is 13.5 Å². The highest BCUT2D eigenvalue weighted by molar-refractivity contribution is 5.76. The van der Waals surface area contributed by atoms with Crippen molar-refractivity contribution in [1.82, 2.24) is 14.7 Å². The van der Waals surface area contributed by atoms with Crippen molar-refractivity contribution in [3.63, 3.8) is 0 Å². The number of carbonyl (C=O) groups excluding carboxylic acids is 1. The lowest BCUT2D eigenvalue weighted by molar-refractivity contribution is -0.132. The first-order valence-electron chi connectivity index (χ1n) is 10.9. The lowest BCUT2D eigenvalue weighted by Gasteiger charge is -2.36. The molecule has 1 aliphatic heterocycles. The lowest BCUT2D eigenvalue weighted by atomic mass is 10.1. The number of rotatable bonds is 6. The van der Waals surface area contributed by atoms with Crippen LogP contribution in [0.25, 0.3) is 11.3 Å². The average molecular weight is 449 g/mol. The molecule has 4 rings (SSSR count). The second-order valence-electron chi connectivity index (χ2n) is 7.99. The van der Waals surface area contributed by atoms with Crippen molar-refractivity contribution in [2.75, 3.05) is 45.3 Å². The molecule has 8 nitrogen and oxygen atoms in total. The topological polar surface area (TPSA) is 76.9 Å². The van der Waals surface area contributed by atoms with E-state index in [2.05, 4.69) is 35.1 Å². The molecule has 0 radical (unpaired) electrons. The third-order valence-corrected chi connectivity index (χ3v) is 5.83. The summed E-state index contributed by atoms with van der Waals surface area (Å²) in [6, 6.07) is 16.9. The summed E-state index contributed by atoms with van der Waals surface area (Å²) in [6.07, 6.45) is 0. The van der Waals surface area contributed by atoms with E-state index in [4.69, 9.17) is 9.47 Å². The molecule has 3 aromatic rings. The molecular weight excluding hydrogens is 420 g/mol. The van der Waals surface area contributed by atoms with Crippen LogP contribution in [-0.2, 0) is 11.3 Å². The van der Waals surface area contributed by atoms with E-state index in [1.807, 2.05) is 12.1 Å². The Bertz CT molecular complexity index is 1200. The standard InChI is InChI=1S/C25H28N4O4/c1-18-5-4-6-20(15-18)27-11-13-28(14-12-27)25(31)17-29-24(30)10-8-21(26-29)19-7-9-22(32-2)23(16-19)33-3/h4-10,15-16H,11-14,17H2,1-3H3. The Hall–Kier alpha value is -3.81. The fourth-order valence-corrected chi connectivity index (χ4v) is 3.98. The maximum Gasteiger partial charge on any atom is 0.267 e. The fraction of sp³-hybridized carbons (Fsp3) is 0.320. The lowest BCUT2D eigenvalue weighted by Crippen LogP contribution is -2.50. The van der Waals surface area contributed by atoms with Crippen LogP contribution in [0.1, 0.15) is 5.56 Å². The molecule has 2 aromatic carbocycles. The third kappa shape index (κ3) is 5.00. The first-order chi connectivity index (χ1) is 16.0. The minimum absolute atomic E-state index is 0.0928. The molecule has 2 heterocycles. The van der Waals surface area contributed by atoms with Crippen LogP contribution in [0.4, 0.5) is 5.69 Å². The quantitative estimate of drug-likeness (QED) is 0.577. The van der Waals surface area contributed by atoms with E-state index in [-0.39, 0.29) is 18.0 Å². The Morgan fingerprint density at radius 1 is 0.939 bits per heavy atom. The molecule has 0 N–H and O–H groups in total. The van der Waals surface area contributed by atoms with E-state index >= 15 is 0 Å². The second kappa shape index (κ2) is 9.77. The maximum absolute atomic E-state index is 12.9. The zero-order valence-corrected chi connectivity index (χ0v) is 19.2. The predicted octanol–water partition coefficient (Wildman–Crippen LogP) is 2.58. The molecule has 1 amide bonds. The van der Waals surface area contributed by atoms with Gasteiger partial charge < -0.3 is 19.3 Å². The van der Waals surface area contributed by atoms with Gasteiger partial charge in [0.05, 0.1) is 19.9 Å². The number of aromatic nitrogens is 2. The molecule has 0 unspecified atom stereocenters. The van der Waals surface area contributed by atoms with Crippen LogP contribution < -0.4 is 19.9 Å². The molecule has 1 fully saturated rings. The highest BCUT2D eigenvalue weighted by Crippen LogP contribution is 2.31. The van der Waals surface area contributed by atoms with Gasteiger partial charge in [0, 0.05) is 43.5 Å². The van der Waals surface area contributed by atoms with Gasteiger partial charge in [0.1, 0.15) is 6.54 Å². The summed E-state index contributed by atoms with van der Waals surface area (Å²) in [5.74, 6) is 1.06. The van der Waals surface area contributed by atoms with Gasteiger partial charge in [-0.15, -0.1) is 0 Å². The van der Waals surface area contributed by atoms with Crippen LogP contribution in [0.3, 0.4) is 0 Å². The first-order valence-corrected chi connectivity index (χ1v) is 10.9. The van der Waals surface area contributed by atoms with Gasteiger partial charge in [-0.3, -0.25) is 9.59 Å². The van der Waals surface area contributed by atoms with E-state index in [0.29, 0.717) is 30.3 Å². The van der Waals surface area contributed by atoms with Gasteiger partial charge in [-0.2, -0.15) is 5.10 Å². The summed E-state index contributed by atoms with van der Waals surface area (Å²) in [4.78, 5) is 29.4. The molecule has 1 saturated heterocycles. The summed E-state index contributed by atoms with van der Waals surface area (Å²) in [5, 5.41) is 4.43. The highest BCUT2D eigenvalue weighted by atomic mass is 16.5. The van der Waals surface area contributed by atoms with E-state index < -0.39 is 0 Å². The molecule has 0 saturated carbocycles.